The van der Waals surface area contributed by atoms with Gasteiger partial charge in [0.15, 0.2) is 0 Å². The molecule has 4 aromatic rings. The fourth-order valence-corrected chi connectivity index (χ4v) is 5.09. The van der Waals surface area contributed by atoms with Gasteiger partial charge in [-0.2, -0.15) is 0 Å². The van der Waals surface area contributed by atoms with Gasteiger partial charge in [-0.15, -0.1) is 0 Å². The molecule has 0 bridgehead atoms. The van der Waals surface area contributed by atoms with Crippen molar-refractivity contribution in [2.24, 2.45) is 0 Å². The zero-order valence-electron chi connectivity index (χ0n) is 19.5. The third-order valence-electron chi connectivity index (χ3n) is 5.67. The van der Waals surface area contributed by atoms with Crippen molar-refractivity contribution in [2.45, 2.75) is 42.5 Å². The number of rotatable bonds is 6. The van der Waals surface area contributed by atoms with E-state index in [2.05, 4.69) is 15.3 Å². The first kappa shape index (κ1) is 23.5. The average Bonchev–Trinajstić information content (AvgIpc) is 3.26. The molecule has 0 radical (unpaired) electrons. The van der Waals surface area contributed by atoms with Crippen molar-refractivity contribution in [3.05, 3.63) is 83.8 Å². The van der Waals surface area contributed by atoms with Gasteiger partial charge in [0.1, 0.15) is 16.3 Å². The Morgan fingerprint density at radius 3 is 2.44 bits per heavy atom. The standard InChI is InChI=1S/C26H27N3O4S/c1-26(2,3)19-7-10-23(33-4)24(14-19)34(31,32)20-8-5-17(6-9-20)15-28-25(30)22-13-18-16-27-12-11-21(18)29-22/h5-14,16,29H,15H2,1-4H3,(H,28,30). The summed E-state index contributed by atoms with van der Waals surface area (Å²) in [4.78, 5) is 19.9. The Bertz CT molecular complexity index is 1420. The molecule has 0 aliphatic carbocycles. The Labute approximate surface area is 199 Å². The van der Waals surface area contributed by atoms with Crippen LogP contribution in [0.3, 0.4) is 0 Å². The molecule has 0 saturated heterocycles. The number of nitrogens with one attached hydrogen (secondary N) is 2. The van der Waals surface area contributed by atoms with E-state index in [0.29, 0.717) is 11.4 Å². The molecule has 0 fully saturated rings. The van der Waals surface area contributed by atoms with E-state index in [4.69, 9.17) is 4.74 Å². The largest absolute Gasteiger partial charge is 0.495 e. The number of methoxy groups -OCH3 is 1. The molecule has 0 aliphatic rings. The highest BCUT2D eigenvalue weighted by atomic mass is 32.2. The van der Waals surface area contributed by atoms with Crippen molar-refractivity contribution in [3.63, 3.8) is 0 Å². The molecular formula is C26H27N3O4S. The molecule has 0 aliphatic heterocycles. The van der Waals surface area contributed by atoms with Crippen LogP contribution in [0.2, 0.25) is 0 Å². The summed E-state index contributed by atoms with van der Waals surface area (Å²) >= 11 is 0. The van der Waals surface area contributed by atoms with Gasteiger partial charge in [-0.3, -0.25) is 9.78 Å². The number of fused-ring (bicyclic) bond motifs is 1. The number of H-pyrrole nitrogens is 1. The summed E-state index contributed by atoms with van der Waals surface area (Å²) in [7, 11) is -2.33. The molecule has 2 N–H and O–H groups in total. The van der Waals surface area contributed by atoms with Crippen LogP contribution in [0.1, 0.15) is 42.4 Å². The van der Waals surface area contributed by atoms with Gasteiger partial charge in [-0.05, 0) is 52.9 Å². The van der Waals surface area contributed by atoms with E-state index in [1.165, 1.54) is 7.11 Å². The van der Waals surface area contributed by atoms with Crippen LogP contribution in [0.4, 0.5) is 0 Å². The van der Waals surface area contributed by atoms with Crippen LogP contribution in [0.5, 0.6) is 5.75 Å². The highest BCUT2D eigenvalue weighted by Crippen LogP contribution is 2.34. The monoisotopic (exact) mass is 477 g/mol. The van der Waals surface area contributed by atoms with Gasteiger partial charge in [0.05, 0.1) is 12.0 Å². The van der Waals surface area contributed by atoms with Crippen molar-refractivity contribution < 1.29 is 17.9 Å². The molecule has 1 amide bonds. The third-order valence-corrected chi connectivity index (χ3v) is 7.46. The smallest absolute Gasteiger partial charge is 0.267 e. The van der Waals surface area contributed by atoms with E-state index in [-0.39, 0.29) is 27.7 Å². The Balaban J connectivity index is 1.52. The lowest BCUT2D eigenvalue weighted by atomic mass is 9.87. The molecule has 2 aromatic carbocycles. The van der Waals surface area contributed by atoms with Crippen LogP contribution < -0.4 is 10.1 Å². The Morgan fingerprint density at radius 1 is 1.06 bits per heavy atom. The molecule has 0 spiro atoms. The SMILES string of the molecule is COc1ccc(C(C)(C)C)cc1S(=O)(=O)c1ccc(CNC(=O)c2cc3cnccc3[nH]2)cc1. The van der Waals surface area contributed by atoms with E-state index in [1.54, 1.807) is 60.9 Å². The number of pyridine rings is 1. The second-order valence-electron chi connectivity index (χ2n) is 9.09. The number of aromatic nitrogens is 2. The minimum absolute atomic E-state index is 0.136. The van der Waals surface area contributed by atoms with Crippen LogP contribution in [0.25, 0.3) is 10.9 Å². The zero-order chi connectivity index (χ0) is 24.5. The van der Waals surface area contributed by atoms with Crippen LogP contribution >= 0.6 is 0 Å². The third kappa shape index (κ3) is 4.68. The lowest BCUT2D eigenvalue weighted by Gasteiger charge is -2.21. The number of benzene rings is 2. The normalized spacial score (nSPS) is 12.0. The Kier molecular flexibility index (Phi) is 6.18. The summed E-state index contributed by atoms with van der Waals surface area (Å²) in [5.41, 5.74) is 2.74. The summed E-state index contributed by atoms with van der Waals surface area (Å²) in [6.45, 7) is 6.35. The molecule has 0 unspecified atom stereocenters. The average molecular weight is 478 g/mol. The quantitative estimate of drug-likeness (QED) is 0.422. The number of carbonyl (C=O) groups is 1. The van der Waals surface area contributed by atoms with Gasteiger partial charge in [0.25, 0.3) is 5.91 Å². The number of ether oxygens (including phenoxy) is 1. The summed E-state index contributed by atoms with van der Waals surface area (Å²) in [6.07, 6.45) is 3.35. The number of carbonyl (C=O) groups excluding carboxylic acids is 1. The molecule has 176 valence electrons. The fraction of sp³-hybridized carbons (Fsp3) is 0.231. The van der Waals surface area contributed by atoms with E-state index >= 15 is 0 Å². The number of amides is 1. The second kappa shape index (κ2) is 8.95. The fourth-order valence-electron chi connectivity index (χ4n) is 3.64. The molecule has 0 atom stereocenters. The summed E-state index contributed by atoms with van der Waals surface area (Å²) in [5, 5.41) is 3.70. The first-order chi connectivity index (χ1) is 16.1. The molecule has 2 aromatic heterocycles. The van der Waals surface area contributed by atoms with Crippen molar-refractivity contribution >= 4 is 26.6 Å². The van der Waals surface area contributed by atoms with Crippen molar-refractivity contribution in [1.82, 2.24) is 15.3 Å². The minimum Gasteiger partial charge on any atom is -0.495 e. The molecular weight excluding hydrogens is 450 g/mol. The van der Waals surface area contributed by atoms with E-state index in [9.17, 15) is 13.2 Å². The van der Waals surface area contributed by atoms with E-state index < -0.39 is 9.84 Å². The second-order valence-corrected chi connectivity index (χ2v) is 11.0. The summed E-state index contributed by atoms with van der Waals surface area (Å²) in [5.74, 6) is 0.0505. The highest BCUT2D eigenvalue weighted by molar-refractivity contribution is 7.91. The number of nitrogens with zero attached hydrogens (tertiary/aromatic N) is 1. The zero-order valence-corrected chi connectivity index (χ0v) is 20.4. The van der Waals surface area contributed by atoms with Gasteiger partial charge in [0.2, 0.25) is 9.84 Å². The van der Waals surface area contributed by atoms with Gasteiger partial charge in [-0.1, -0.05) is 39.0 Å². The van der Waals surface area contributed by atoms with E-state index in [1.807, 2.05) is 26.8 Å². The topological polar surface area (TPSA) is 101 Å². The molecule has 0 saturated carbocycles. The number of hydrogen-bond acceptors (Lipinski definition) is 5. The number of hydrogen-bond donors (Lipinski definition) is 2. The van der Waals surface area contributed by atoms with E-state index in [0.717, 1.165) is 22.0 Å². The summed E-state index contributed by atoms with van der Waals surface area (Å²) in [6, 6.07) is 15.3. The lowest BCUT2D eigenvalue weighted by molar-refractivity contribution is 0.0946. The summed E-state index contributed by atoms with van der Waals surface area (Å²) < 4.78 is 32.1. The van der Waals surface area contributed by atoms with Gasteiger partial charge in [-0.25, -0.2) is 8.42 Å². The lowest BCUT2D eigenvalue weighted by Crippen LogP contribution is -2.23. The predicted molar refractivity (Wildman–Crippen MR) is 131 cm³/mol. The minimum atomic E-state index is -3.79. The highest BCUT2D eigenvalue weighted by Gasteiger charge is 2.25. The molecule has 34 heavy (non-hydrogen) atoms. The van der Waals surface area contributed by atoms with Crippen LogP contribution in [-0.4, -0.2) is 31.4 Å². The molecule has 4 rings (SSSR count). The maximum atomic E-state index is 13.4. The first-order valence-corrected chi connectivity index (χ1v) is 12.3. The predicted octanol–water partition coefficient (Wildman–Crippen LogP) is 4.63. The Morgan fingerprint density at radius 2 is 1.79 bits per heavy atom. The maximum absolute atomic E-state index is 13.4. The number of aromatic amines is 1. The molecule has 7 nitrogen and oxygen atoms in total. The van der Waals surface area contributed by atoms with Crippen LogP contribution in [0.15, 0.2) is 76.8 Å². The van der Waals surface area contributed by atoms with Gasteiger partial charge in [0, 0.05) is 29.8 Å². The van der Waals surface area contributed by atoms with Crippen molar-refractivity contribution in [1.29, 1.82) is 0 Å². The number of sulfone groups is 1. The Hall–Kier alpha value is -3.65. The van der Waals surface area contributed by atoms with Crippen LogP contribution in [-0.2, 0) is 21.8 Å². The van der Waals surface area contributed by atoms with Crippen molar-refractivity contribution in [3.8, 4) is 5.75 Å². The van der Waals surface area contributed by atoms with Crippen molar-refractivity contribution in [2.75, 3.05) is 7.11 Å². The first-order valence-electron chi connectivity index (χ1n) is 10.8. The van der Waals surface area contributed by atoms with Gasteiger partial charge < -0.3 is 15.0 Å². The van der Waals surface area contributed by atoms with Gasteiger partial charge >= 0.3 is 0 Å². The maximum Gasteiger partial charge on any atom is 0.267 e. The van der Waals surface area contributed by atoms with Crippen LogP contribution in [0, 0.1) is 0 Å². The molecule has 2 heterocycles. The molecule has 8 heteroatoms.